The topological polar surface area (TPSA) is 66.2 Å². The van der Waals surface area contributed by atoms with Gasteiger partial charge in [0.15, 0.2) is 0 Å². The number of rotatable bonds is 5. The van der Waals surface area contributed by atoms with Crippen LogP contribution in [0.15, 0.2) is 61.2 Å². The Bertz CT molecular complexity index is 783. The predicted molar refractivity (Wildman–Crippen MR) is 83.5 cm³/mol. The number of hydrogen-bond acceptors (Lipinski definition) is 5. The smallest absolute Gasteiger partial charge is 0.338 e. The Balaban J connectivity index is 1.66. The lowest BCUT2D eigenvalue weighted by molar-refractivity contribution is 0.0470. The minimum absolute atomic E-state index is 0.160. The molecule has 0 bridgehead atoms. The van der Waals surface area contributed by atoms with Crippen molar-refractivity contribution in [3.8, 4) is 11.4 Å². The molecule has 3 rings (SSSR count). The van der Waals surface area contributed by atoms with Crippen molar-refractivity contribution in [1.29, 1.82) is 0 Å². The minimum Gasteiger partial charge on any atom is -0.496 e. The second-order valence-electron chi connectivity index (χ2n) is 4.77. The molecule has 0 N–H and O–H groups in total. The van der Waals surface area contributed by atoms with Gasteiger partial charge in [-0.15, -0.1) is 0 Å². The molecule has 0 unspecified atom stereocenters. The molecule has 6 nitrogen and oxygen atoms in total. The van der Waals surface area contributed by atoms with Gasteiger partial charge in [0.25, 0.3) is 0 Å². The number of ether oxygens (including phenoxy) is 2. The van der Waals surface area contributed by atoms with E-state index in [-0.39, 0.29) is 12.6 Å². The van der Waals surface area contributed by atoms with Gasteiger partial charge in [-0.2, -0.15) is 5.10 Å². The van der Waals surface area contributed by atoms with Crippen LogP contribution in [0.3, 0.4) is 0 Å². The van der Waals surface area contributed by atoms with E-state index < -0.39 is 0 Å². The number of carbonyl (C=O) groups is 1. The lowest BCUT2D eigenvalue weighted by Crippen LogP contribution is -2.06. The zero-order valence-electron chi connectivity index (χ0n) is 12.5. The van der Waals surface area contributed by atoms with Gasteiger partial charge >= 0.3 is 5.97 Å². The van der Waals surface area contributed by atoms with Gasteiger partial charge in [0.2, 0.25) is 0 Å². The second kappa shape index (κ2) is 6.74. The molecular formula is C17H15N3O3. The minimum atomic E-state index is -0.388. The fraction of sp³-hybridized carbons (Fsp3) is 0.118. The Morgan fingerprint density at radius 1 is 1.13 bits per heavy atom. The van der Waals surface area contributed by atoms with E-state index in [1.807, 2.05) is 24.3 Å². The summed E-state index contributed by atoms with van der Waals surface area (Å²) in [6.45, 7) is 0.160. The first-order valence-corrected chi connectivity index (χ1v) is 7.02. The van der Waals surface area contributed by atoms with Crippen LogP contribution in [-0.4, -0.2) is 27.8 Å². The van der Waals surface area contributed by atoms with Gasteiger partial charge < -0.3 is 9.47 Å². The summed E-state index contributed by atoms with van der Waals surface area (Å²) < 4.78 is 12.2. The monoisotopic (exact) mass is 309 g/mol. The molecule has 0 aliphatic carbocycles. The summed E-state index contributed by atoms with van der Waals surface area (Å²) in [7, 11) is 1.59. The van der Waals surface area contributed by atoms with Crippen molar-refractivity contribution in [3.63, 3.8) is 0 Å². The van der Waals surface area contributed by atoms with Gasteiger partial charge in [-0.05, 0) is 30.3 Å². The highest BCUT2D eigenvalue weighted by Crippen LogP contribution is 2.19. The molecule has 0 saturated heterocycles. The van der Waals surface area contributed by atoms with Crippen LogP contribution in [0.25, 0.3) is 5.69 Å². The molecule has 0 fully saturated rings. The Labute approximate surface area is 133 Å². The number of para-hydroxylation sites is 1. The van der Waals surface area contributed by atoms with E-state index in [2.05, 4.69) is 10.1 Å². The third kappa shape index (κ3) is 3.37. The highest BCUT2D eigenvalue weighted by molar-refractivity contribution is 5.89. The molecule has 0 aliphatic rings. The van der Waals surface area contributed by atoms with E-state index in [4.69, 9.17) is 9.47 Å². The first kappa shape index (κ1) is 14.8. The number of methoxy groups -OCH3 is 1. The fourth-order valence-electron chi connectivity index (χ4n) is 2.14. The number of nitrogens with zero attached hydrogens (tertiary/aromatic N) is 3. The van der Waals surface area contributed by atoms with Gasteiger partial charge in [0.05, 0.1) is 18.4 Å². The van der Waals surface area contributed by atoms with Crippen LogP contribution in [0.1, 0.15) is 15.9 Å². The van der Waals surface area contributed by atoms with Crippen molar-refractivity contribution in [2.24, 2.45) is 0 Å². The molecule has 1 heterocycles. The summed E-state index contributed by atoms with van der Waals surface area (Å²) in [5, 5.41) is 4.03. The molecule has 0 radical (unpaired) electrons. The van der Waals surface area contributed by atoms with E-state index in [0.29, 0.717) is 11.3 Å². The first-order valence-electron chi connectivity index (χ1n) is 7.02. The normalized spacial score (nSPS) is 10.3. The van der Waals surface area contributed by atoms with Crippen molar-refractivity contribution in [1.82, 2.24) is 14.8 Å². The van der Waals surface area contributed by atoms with Crippen LogP contribution in [0.5, 0.6) is 5.75 Å². The predicted octanol–water partition coefficient (Wildman–Crippen LogP) is 2.63. The van der Waals surface area contributed by atoms with E-state index in [0.717, 1.165) is 11.3 Å². The summed E-state index contributed by atoms with van der Waals surface area (Å²) in [5.41, 5.74) is 2.12. The second-order valence-corrected chi connectivity index (χ2v) is 4.77. The van der Waals surface area contributed by atoms with E-state index in [9.17, 15) is 4.79 Å². The van der Waals surface area contributed by atoms with Gasteiger partial charge in [-0.25, -0.2) is 14.5 Å². The highest BCUT2D eigenvalue weighted by Gasteiger charge is 2.10. The number of esters is 1. The van der Waals surface area contributed by atoms with Crippen LogP contribution >= 0.6 is 0 Å². The van der Waals surface area contributed by atoms with Crippen molar-refractivity contribution in [3.05, 3.63) is 72.3 Å². The molecular weight excluding hydrogens is 294 g/mol. The number of benzene rings is 2. The third-order valence-electron chi connectivity index (χ3n) is 3.34. The highest BCUT2D eigenvalue weighted by atomic mass is 16.5. The number of carbonyl (C=O) groups excluding carboxylic acids is 1. The molecule has 2 aromatic carbocycles. The average molecular weight is 309 g/mol. The average Bonchev–Trinajstić information content (AvgIpc) is 3.14. The number of aromatic nitrogens is 3. The molecule has 116 valence electrons. The molecule has 0 atom stereocenters. The summed E-state index contributed by atoms with van der Waals surface area (Å²) >= 11 is 0. The van der Waals surface area contributed by atoms with Crippen LogP contribution in [-0.2, 0) is 11.3 Å². The third-order valence-corrected chi connectivity index (χ3v) is 3.34. The van der Waals surface area contributed by atoms with Gasteiger partial charge in [0, 0.05) is 5.56 Å². The maximum atomic E-state index is 12.1. The van der Waals surface area contributed by atoms with Gasteiger partial charge in [-0.1, -0.05) is 18.2 Å². The largest absolute Gasteiger partial charge is 0.496 e. The molecule has 0 aliphatic heterocycles. The molecule has 23 heavy (non-hydrogen) atoms. The van der Waals surface area contributed by atoms with Crippen molar-refractivity contribution in [2.75, 3.05) is 7.11 Å². The molecule has 0 amide bonds. The zero-order chi connectivity index (χ0) is 16.1. The lowest BCUT2D eigenvalue weighted by atomic mass is 10.2. The first-order chi connectivity index (χ1) is 11.3. The Morgan fingerprint density at radius 2 is 1.91 bits per heavy atom. The van der Waals surface area contributed by atoms with Crippen LogP contribution in [0.2, 0.25) is 0 Å². The van der Waals surface area contributed by atoms with E-state index in [1.165, 1.54) is 6.33 Å². The lowest BCUT2D eigenvalue weighted by Gasteiger charge is -2.09. The summed E-state index contributed by atoms with van der Waals surface area (Å²) in [5.74, 6) is 0.308. The molecule has 1 aromatic heterocycles. The quantitative estimate of drug-likeness (QED) is 0.678. The molecule has 0 saturated carbocycles. The Kier molecular flexibility index (Phi) is 4.33. The standard InChI is InChI=1S/C17H15N3O3/c1-22-16-5-3-2-4-14(16)10-23-17(21)13-6-8-15(9-7-13)20-12-18-11-19-20/h2-9,11-12H,10H2,1H3. The summed E-state index contributed by atoms with van der Waals surface area (Å²) in [6, 6.07) is 14.4. The van der Waals surface area contributed by atoms with E-state index in [1.54, 1.807) is 42.4 Å². The summed E-state index contributed by atoms with van der Waals surface area (Å²) in [4.78, 5) is 16.0. The van der Waals surface area contributed by atoms with E-state index >= 15 is 0 Å². The molecule has 0 spiro atoms. The SMILES string of the molecule is COc1ccccc1COC(=O)c1ccc(-n2cncn2)cc1. The van der Waals surface area contributed by atoms with Gasteiger partial charge in [-0.3, -0.25) is 0 Å². The van der Waals surface area contributed by atoms with Gasteiger partial charge in [0.1, 0.15) is 25.0 Å². The molecule has 3 aromatic rings. The maximum Gasteiger partial charge on any atom is 0.338 e. The van der Waals surface area contributed by atoms with Crippen LogP contribution < -0.4 is 4.74 Å². The number of hydrogen-bond donors (Lipinski definition) is 0. The van der Waals surface area contributed by atoms with Crippen molar-refractivity contribution in [2.45, 2.75) is 6.61 Å². The fourth-order valence-corrected chi connectivity index (χ4v) is 2.14. The molecule has 6 heteroatoms. The van der Waals surface area contributed by atoms with Crippen LogP contribution in [0, 0.1) is 0 Å². The van der Waals surface area contributed by atoms with Crippen molar-refractivity contribution >= 4 is 5.97 Å². The Hall–Kier alpha value is -3.15. The summed E-state index contributed by atoms with van der Waals surface area (Å²) in [6.07, 6.45) is 3.05. The van der Waals surface area contributed by atoms with Crippen LogP contribution in [0.4, 0.5) is 0 Å². The maximum absolute atomic E-state index is 12.1. The Morgan fingerprint density at radius 3 is 2.61 bits per heavy atom. The zero-order valence-corrected chi connectivity index (χ0v) is 12.5. The van der Waals surface area contributed by atoms with Crippen molar-refractivity contribution < 1.29 is 14.3 Å².